The van der Waals surface area contributed by atoms with Crippen LogP contribution in [0.2, 0.25) is 5.02 Å². The summed E-state index contributed by atoms with van der Waals surface area (Å²) in [6.45, 7) is 2.84. The largest absolute Gasteiger partial charge is 0.369 e. The summed E-state index contributed by atoms with van der Waals surface area (Å²) in [6, 6.07) is 3.61. The molecule has 0 atom stereocenters. The van der Waals surface area contributed by atoms with Gasteiger partial charge in [-0.1, -0.05) is 11.6 Å². The van der Waals surface area contributed by atoms with Crippen LogP contribution in [0.3, 0.4) is 0 Å². The molecule has 6 heteroatoms. The molecule has 0 amide bonds. The molecule has 2 aromatic heterocycles. The molecule has 3 rings (SSSR count). The maximum absolute atomic E-state index is 6.20. The van der Waals surface area contributed by atoms with E-state index >= 15 is 0 Å². The Morgan fingerprint density at radius 3 is 2.85 bits per heavy atom. The molecule has 20 heavy (non-hydrogen) atoms. The van der Waals surface area contributed by atoms with Crippen LogP contribution in [0.1, 0.15) is 31.4 Å². The van der Waals surface area contributed by atoms with Gasteiger partial charge in [-0.05, 0) is 47.8 Å². The van der Waals surface area contributed by atoms with Crippen LogP contribution in [0, 0.1) is 0 Å². The number of aromatic nitrogens is 3. The summed E-state index contributed by atoms with van der Waals surface area (Å²) < 4.78 is 0.956. The van der Waals surface area contributed by atoms with Crippen LogP contribution in [-0.2, 0) is 0 Å². The lowest BCUT2D eigenvalue weighted by Gasteiger charge is -2.12. The van der Waals surface area contributed by atoms with E-state index in [9.17, 15) is 0 Å². The molecule has 2 aromatic rings. The highest BCUT2D eigenvalue weighted by atomic mass is 79.9. The summed E-state index contributed by atoms with van der Waals surface area (Å²) in [5.74, 6) is 1.91. The highest BCUT2D eigenvalue weighted by molar-refractivity contribution is 9.10. The van der Waals surface area contributed by atoms with Crippen molar-refractivity contribution in [2.75, 3.05) is 11.9 Å². The lowest BCUT2D eigenvalue weighted by atomic mass is 10.2. The van der Waals surface area contributed by atoms with Gasteiger partial charge in [0.25, 0.3) is 0 Å². The van der Waals surface area contributed by atoms with Crippen LogP contribution in [0.5, 0.6) is 0 Å². The van der Waals surface area contributed by atoms with Crippen molar-refractivity contribution in [2.45, 2.75) is 25.7 Å². The van der Waals surface area contributed by atoms with Crippen molar-refractivity contribution in [2.24, 2.45) is 0 Å². The van der Waals surface area contributed by atoms with Crippen molar-refractivity contribution >= 4 is 33.3 Å². The summed E-state index contributed by atoms with van der Waals surface area (Å²) in [7, 11) is 0. The van der Waals surface area contributed by atoms with E-state index in [4.69, 9.17) is 11.6 Å². The maximum atomic E-state index is 6.20. The third-order valence-corrected chi connectivity index (χ3v) is 4.24. The molecule has 104 valence electrons. The van der Waals surface area contributed by atoms with Crippen molar-refractivity contribution < 1.29 is 0 Å². The Balaban J connectivity index is 2.13. The van der Waals surface area contributed by atoms with E-state index in [1.54, 1.807) is 18.3 Å². The van der Waals surface area contributed by atoms with Gasteiger partial charge in [0.05, 0.1) is 15.2 Å². The SMILES string of the molecule is CCNc1nc(-c2ncccc2Cl)nc(C2CC2)c1Br. The number of nitrogens with one attached hydrogen (secondary N) is 1. The second-order valence-corrected chi connectivity index (χ2v) is 5.93. The molecule has 1 saturated carbocycles. The normalized spacial score (nSPS) is 14.3. The Kier molecular flexibility index (Phi) is 3.89. The van der Waals surface area contributed by atoms with Gasteiger partial charge in [0.2, 0.25) is 0 Å². The Labute approximate surface area is 131 Å². The fourth-order valence-corrected chi connectivity index (χ4v) is 2.88. The number of anilines is 1. The molecule has 2 heterocycles. The van der Waals surface area contributed by atoms with Gasteiger partial charge >= 0.3 is 0 Å². The lowest BCUT2D eigenvalue weighted by molar-refractivity contribution is 0.968. The van der Waals surface area contributed by atoms with Crippen LogP contribution < -0.4 is 5.32 Å². The average molecular weight is 354 g/mol. The van der Waals surface area contributed by atoms with Crippen molar-refractivity contribution in [1.29, 1.82) is 0 Å². The second-order valence-electron chi connectivity index (χ2n) is 4.73. The van der Waals surface area contributed by atoms with E-state index in [1.807, 2.05) is 6.92 Å². The van der Waals surface area contributed by atoms with E-state index in [2.05, 4.69) is 36.2 Å². The maximum Gasteiger partial charge on any atom is 0.182 e. The molecule has 0 saturated heterocycles. The van der Waals surface area contributed by atoms with Gasteiger partial charge in [-0.15, -0.1) is 0 Å². The molecule has 1 aliphatic rings. The summed E-state index contributed by atoms with van der Waals surface area (Å²) >= 11 is 9.81. The molecular formula is C14H14BrClN4. The summed E-state index contributed by atoms with van der Waals surface area (Å²) in [4.78, 5) is 13.5. The molecule has 0 unspecified atom stereocenters. The molecule has 0 bridgehead atoms. The fraction of sp³-hybridized carbons (Fsp3) is 0.357. The Morgan fingerprint density at radius 2 is 2.20 bits per heavy atom. The van der Waals surface area contributed by atoms with E-state index in [0.29, 0.717) is 22.5 Å². The standard InChI is InChI=1S/C14H14BrClN4/c1-2-17-13-10(15)11(8-5-6-8)19-14(20-13)12-9(16)4-3-7-18-12/h3-4,7-8H,2,5-6H2,1H3,(H,17,19,20). The topological polar surface area (TPSA) is 50.7 Å². The molecule has 0 spiro atoms. The first-order chi connectivity index (χ1) is 9.70. The smallest absolute Gasteiger partial charge is 0.182 e. The third-order valence-electron chi connectivity index (χ3n) is 3.16. The van der Waals surface area contributed by atoms with E-state index in [-0.39, 0.29) is 0 Å². The Hall–Kier alpha value is -1.20. The number of hydrogen-bond donors (Lipinski definition) is 1. The minimum Gasteiger partial charge on any atom is -0.369 e. The van der Waals surface area contributed by atoms with Crippen molar-refractivity contribution in [3.05, 3.63) is 33.5 Å². The summed E-state index contributed by atoms with van der Waals surface area (Å²) in [5.41, 5.74) is 1.68. The molecule has 0 aliphatic heterocycles. The van der Waals surface area contributed by atoms with E-state index in [0.717, 1.165) is 22.5 Å². The molecule has 1 aliphatic carbocycles. The third kappa shape index (κ3) is 2.65. The molecule has 4 nitrogen and oxygen atoms in total. The monoisotopic (exact) mass is 352 g/mol. The predicted molar refractivity (Wildman–Crippen MR) is 84.1 cm³/mol. The van der Waals surface area contributed by atoms with Gasteiger partial charge in [-0.3, -0.25) is 4.98 Å². The van der Waals surface area contributed by atoms with Crippen molar-refractivity contribution in [3.8, 4) is 11.5 Å². The Bertz CT molecular complexity index is 643. The minimum atomic E-state index is 0.519. The van der Waals surface area contributed by atoms with Gasteiger partial charge in [0.1, 0.15) is 11.5 Å². The van der Waals surface area contributed by atoms with Gasteiger partial charge in [-0.25, -0.2) is 9.97 Å². The first-order valence-electron chi connectivity index (χ1n) is 6.63. The molecule has 1 N–H and O–H groups in total. The van der Waals surface area contributed by atoms with Crippen LogP contribution in [-0.4, -0.2) is 21.5 Å². The van der Waals surface area contributed by atoms with Gasteiger partial charge in [-0.2, -0.15) is 0 Å². The zero-order valence-electron chi connectivity index (χ0n) is 11.0. The number of halogens is 2. The quantitative estimate of drug-likeness (QED) is 0.892. The first kappa shape index (κ1) is 13.8. The number of hydrogen-bond acceptors (Lipinski definition) is 4. The Morgan fingerprint density at radius 1 is 1.40 bits per heavy atom. The van der Waals surface area contributed by atoms with Gasteiger partial charge in [0, 0.05) is 18.7 Å². The predicted octanol–water partition coefficient (Wildman–Crippen LogP) is 4.26. The summed E-state index contributed by atoms with van der Waals surface area (Å²) in [5, 5.41) is 3.83. The molecular weight excluding hydrogens is 340 g/mol. The van der Waals surface area contributed by atoms with Gasteiger partial charge in [0.15, 0.2) is 5.82 Å². The van der Waals surface area contributed by atoms with Crippen molar-refractivity contribution in [3.63, 3.8) is 0 Å². The fourth-order valence-electron chi connectivity index (χ4n) is 2.03. The van der Waals surface area contributed by atoms with Gasteiger partial charge < -0.3 is 5.32 Å². The van der Waals surface area contributed by atoms with E-state index in [1.165, 1.54) is 12.8 Å². The van der Waals surface area contributed by atoms with Crippen LogP contribution in [0.25, 0.3) is 11.5 Å². The number of rotatable bonds is 4. The second kappa shape index (κ2) is 5.66. The van der Waals surface area contributed by atoms with Crippen LogP contribution in [0.4, 0.5) is 5.82 Å². The molecule has 0 radical (unpaired) electrons. The lowest BCUT2D eigenvalue weighted by Crippen LogP contribution is -2.06. The molecule has 0 aromatic carbocycles. The number of nitrogens with zero attached hydrogens (tertiary/aromatic N) is 3. The van der Waals surface area contributed by atoms with Crippen LogP contribution in [0.15, 0.2) is 22.8 Å². The highest BCUT2D eigenvalue weighted by Crippen LogP contribution is 2.44. The first-order valence-corrected chi connectivity index (χ1v) is 7.80. The zero-order valence-corrected chi connectivity index (χ0v) is 13.4. The zero-order chi connectivity index (χ0) is 14.1. The number of pyridine rings is 1. The summed E-state index contributed by atoms with van der Waals surface area (Å²) in [6.07, 6.45) is 4.06. The minimum absolute atomic E-state index is 0.519. The highest BCUT2D eigenvalue weighted by Gasteiger charge is 2.30. The average Bonchev–Trinajstić information content (AvgIpc) is 3.26. The van der Waals surface area contributed by atoms with Crippen LogP contribution >= 0.6 is 27.5 Å². The van der Waals surface area contributed by atoms with E-state index < -0.39 is 0 Å². The molecule has 1 fully saturated rings. The van der Waals surface area contributed by atoms with Crippen molar-refractivity contribution in [1.82, 2.24) is 15.0 Å².